The Morgan fingerprint density at radius 2 is 1.37 bits per heavy atom. The number of carbonyl (C=O) groups is 4. The molecule has 9 N–H and O–H groups in total. The monoisotopic (exact) mass is 886 g/mol. The molecule has 0 aliphatic heterocycles. The summed E-state index contributed by atoms with van der Waals surface area (Å²) in [5.74, 6) is -1.84. The Hall–Kier alpha value is -6.53. The third kappa shape index (κ3) is 15.0. The molecule has 0 unspecified atom stereocenters. The summed E-state index contributed by atoms with van der Waals surface area (Å²) in [6, 6.07) is 32.4. The SMILES string of the molecule is C=CC[C@H](CC(=O)[C@@H](CCC[NH+]=C(N)N)NC(=O)[C@@H](CCCC[NH3+])CC(=O)COc1ccc2ccccc2c1-c1c(OCC(C)(C)C)ccc2ccccc12)C(=O)OCc1ccccc1. The minimum Gasteiger partial charge on any atom is -0.492 e. The van der Waals surface area contributed by atoms with E-state index in [-0.39, 0.29) is 61.8 Å². The van der Waals surface area contributed by atoms with Gasteiger partial charge in [0, 0.05) is 29.9 Å². The van der Waals surface area contributed by atoms with E-state index in [4.69, 9.17) is 25.7 Å². The molecule has 1 amide bonds. The van der Waals surface area contributed by atoms with Crippen LogP contribution >= 0.6 is 0 Å². The molecular weight excluding hydrogens is 819 g/mol. The molecule has 0 aromatic heterocycles. The zero-order valence-corrected chi connectivity index (χ0v) is 38.2. The largest absolute Gasteiger partial charge is 0.492 e. The van der Waals surface area contributed by atoms with Gasteiger partial charge < -0.3 is 25.3 Å². The second-order valence-electron chi connectivity index (χ2n) is 17.8. The molecule has 12 nitrogen and oxygen atoms in total. The molecule has 5 aromatic carbocycles. The zero-order valence-electron chi connectivity index (χ0n) is 38.2. The molecule has 65 heavy (non-hydrogen) atoms. The predicted octanol–water partition coefficient (Wildman–Crippen LogP) is 5.97. The van der Waals surface area contributed by atoms with E-state index in [2.05, 4.69) is 61.6 Å². The van der Waals surface area contributed by atoms with E-state index in [1.165, 1.54) is 0 Å². The molecule has 3 atom stereocenters. The Bertz CT molecular complexity index is 2420. The van der Waals surface area contributed by atoms with Crippen LogP contribution in [0.1, 0.15) is 77.7 Å². The normalized spacial score (nSPS) is 12.7. The van der Waals surface area contributed by atoms with Gasteiger partial charge in [-0.05, 0) is 83.2 Å². The van der Waals surface area contributed by atoms with E-state index in [1.807, 2.05) is 84.9 Å². The van der Waals surface area contributed by atoms with Crippen LogP contribution in [0.5, 0.6) is 11.5 Å². The summed E-state index contributed by atoms with van der Waals surface area (Å²) in [7, 11) is 0. The first-order chi connectivity index (χ1) is 31.3. The Balaban J connectivity index is 1.37. The fourth-order valence-corrected chi connectivity index (χ4v) is 7.78. The summed E-state index contributed by atoms with van der Waals surface area (Å²) in [4.78, 5) is 58.4. The summed E-state index contributed by atoms with van der Waals surface area (Å²) < 4.78 is 18.6. The first kappa shape index (κ1) is 49.5. The van der Waals surface area contributed by atoms with Gasteiger partial charge in [0.15, 0.2) is 11.6 Å². The number of rotatable bonds is 26. The number of fused-ring (bicyclic) bond motifs is 2. The van der Waals surface area contributed by atoms with Crippen LogP contribution < -0.4 is 37.0 Å². The average molecular weight is 886 g/mol. The highest BCUT2D eigenvalue weighted by Crippen LogP contribution is 2.46. The predicted molar refractivity (Wildman–Crippen MR) is 257 cm³/mol. The first-order valence-electron chi connectivity index (χ1n) is 22.6. The lowest BCUT2D eigenvalue weighted by Crippen LogP contribution is -2.78. The van der Waals surface area contributed by atoms with Crippen LogP contribution in [-0.2, 0) is 30.5 Å². The smallest absolute Gasteiger partial charge is 0.338 e. The van der Waals surface area contributed by atoms with Crippen molar-refractivity contribution < 1.29 is 44.1 Å². The summed E-state index contributed by atoms with van der Waals surface area (Å²) in [5, 5.41) is 6.93. The summed E-state index contributed by atoms with van der Waals surface area (Å²) in [6.45, 7) is 11.5. The van der Waals surface area contributed by atoms with E-state index >= 15 is 0 Å². The second-order valence-corrected chi connectivity index (χ2v) is 17.8. The molecular formula is C53H67N5O7+2. The number of unbranched alkanes of at least 4 members (excludes halogenated alkanes) is 1. The molecule has 0 fully saturated rings. The minimum atomic E-state index is -0.949. The Labute approximate surface area is 383 Å². The van der Waals surface area contributed by atoms with Crippen molar-refractivity contribution in [3.05, 3.63) is 121 Å². The van der Waals surface area contributed by atoms with Gasteiger partial charge in [-0.15, -0.1) is 6.58 Å². The van der Waals surface area contributed by atoms with Crippen LogP contribution in [-0.4, -0.2) is 61.7 Å². The number of benzene rings is 5. The number of nitrogens with one attached hydrogen (secondary N) is 2. The fraction of sp³-hybridized carbons (Fsp3) is 0.377. The molecule has 12 heteroatoms. The van der Waals surface area contributed by atoms with Crippen molar-refractivity contribution in [1.29, 1.82) is 0 Å². The van der Waals surface area contributed by atoms with Crippen molar-refractivity contribution in [2.24, 2.45) is 28.7 Å². The number of ether oxygens (including phenoxy) is 3. The molecule has 0 bridgehead atoms. The number of guanidine groups is 1. The first-order valence-corrected chi connectivity index (χ1v) is 22.6. The van der Waals surface area contributed by atoms with Gasteiger partial charge in [-0.25, -0.2) is 0 Å². The summed E-state index contributed by atoms with van der Waals surface area (Å²) >= 11 is 0. The van der Waals surface area contributed by atoms with Crippen LogP contribution in [0.25, 0.3) is 32.7 Å². The van der Waals surface area contributed by atoms with Crippen molar-refractivity contribution >= 4 is 50.9 Å². The number of esters is 1. The fourth-order valence-electron chi connectivity index (χ4n) is 7.78. The summed E-state index contributed by atoms with van der Waals surface area (Å²) in [5.41, 5.74) is 17.6. The lowest BCUT2D eigenvalue weighted by molar-refractivity contribution is -0.459. The van der Waals surface area contributed by atoms with Crippen LogP contribution in [0, 0.1) is 17.3 Å². The van der Waals surface area contributed by atoms with E-state index < -0.39 is 29.8 Å². The van der Waals surface area contributed by atoms with Gasteiger partial charge in [0.25, 0.3) is 0 Å². The molecule has 344 valence electrons. The lowest BCUT2D eigenvalue weighted by Gasteiger charge is -2.24. The van der Waals surface area contributed by atoms with Crippen molar-refractivity contribution in [2.75, 3.05) is 26.3 Å². The topological polar surface area (TPSA) is 202 Å². The van der Waals surface area contributed by atoms with Gasteiger partial charge in [-0.2, -0.15) is 0 Å². The van der Waals surface area contributed by atoms with Gasteiger partial charge >= 0.3 is 11.9 Å². The highest BCUT2D eigenvalue weighted by molar-refractivity contribution is 6.10. The number of hydrogen-bond acceptors (Lipinski definition) is 7. The van der Waals surface area contributed by atoms with E-state index in [0.29, 0.717) is 50.5 Å². The molecule has 0 radical (unpaired) electrons. The number of quaternary nitrogens is 1. The number of allylic oxidation sites excluding steroid dienone is 1. The molecule has 0 saturated heterocycles. The summed E-state index contributed by atoms with van der Waals surface area (Å²) in [6.07, 6.45) is 4.03. The standard InChI is InChI=1S/C53H65N5O7/c1-5-16-40(51(62)64-33-36-17-7-6-8-18-36)32-45(60)44(24-15-30-57-52(55)56)58-50(61)39(21-13-14-29-54)31-41(59)34-63-46-27-25-37-19-9-11-22-42(37)48(46)49-43-23-12-10-20-38(43)26-28-47(49)65-35-53(2,3)4/h5-12,17-20,22-23,25-28,39-40,44H,1,13-16,21,24,29-35,54H2,2-4H3,(H,58,61)(H4,55,56,57)/p+2/t39-,40+,44+/m0/s1. The molecule has 5 rings (SSSR count). The Morgan fingerprint density at radius 3 is 1.97 bits per heavy atom. The molecule has 0 aliphatic carbocycles. The molecule has 0 heterocycles. The number of amides is 1. The van der Waals surface area contributed by atoms with E-state index in [9.17, 15) is 19.2 Å². The second kappa shape index (κ2) is 24.5. The number of Topliss-reactive ketones (excluding diaryl/α,β-unsaturated/α-hetero) is 2. The van der Waals surface area contributed by atoms with Gasteiger partial charge in [-0.1, -0.05) is 118 Å². The third-order valence-electron chi connectivity index (χ3n) is 11.1. The average Bonchev–Trinajstić information content (AvgIpc) is 3.29. The molecule has 0 saturated carbocycles. The van der Waals surface area contributed by atoms with Crippen LogP contribution in [0.3, 0.4) is 0 Å². The highest BCUT2D eigenvalue weighted by Gasteiger charge is 2.31. The van der Waals surface area contributed by atoms with Crippen molar-refractivity contribution in [3.8, 4) is 22.6 Å². The van der Waals surface area contributed by atoms with Gasteiger partial charge in [-0.3, -0.25) is 35.6 Å². The minimum absolute atomic E-state index is 0.0394. The van der Waals surface area contributed by atoms with Crippen molar-refractivity contribution in [1.82, 2.24) is 5.32 Å². The number of carbonyl (C=O) groups excluding carboxylic acids is 4. The Morgan fingerprint density at radius 1 is 0.754 bits per heavy atom. The number of ketones is 2. The molecule has 0 aliphatic rings. The van der Waals surface area contributed by atoms with Crippen LogP contribution in [0.4, 0.5) is 0 Å². The molecule has 0 spiro atoms. The highest BCUT2D eigenvalue weighted by atomic mass is 16.5. The van der Waals surface area contributed by atoms with E-state index in [1.54, 1.807) is 6.08 Å². The van der Waals surface area contributed by atoms with Crippen molar-refractivity contribution in [2.45, 2.75) is 84.8 Å². The maximum Gasteiger partial charge on any atom is 0.338 e. The van der Waals surface area contributed by atoms with Crippen LogP contribution in [0.15, 0.2) is 116 Å². The van der Waals surface area contributed by atoms with Crippen LogP contribution in [0.2, 0.25) is 0 Å². The maximum atomic E-state index is 14.2. The van der Waals surface area contributed by atoms with Crippen molar-refractivity contribution in [3.63, 3.8) is 0 Å². The Kier molecular flexibility index (Phi) is 18.7. The number of nitrogens with two attached hydrogens (primary N) is 2. The maximum absolute atomic E-state index is 14.2. The zero-order chi connectivity index (χ0) is 46.8. The van der Waals surface area contributed by atoms with E-state index in [0.717, 1.165) is 44.7 Å². The quantitative estimate of drug-likeness (QED) is 0.0146. The van der Waals surface area contributed by atoms with Gasteiger partial charge in [0.1, 0.15) is 24.7 Å². The number of hydrogen-bond donors (Lipinski definition) is 5. The van der Waals surface area contributed by atoms with Gasteiger partial charge in [0.2, 0.25) is 5.91 Å². The van der Waals surface area contributed by atoms with Gasteiger partial charge in [0.05, 0.1) is 31.7 Å². The lowest BCUT2D eigenvalue weighted by atomic mass is 9.91. The molecule has 5 aromatic rings. The third-order valence-corrected chi connectivity index (χ3v) is 11.1.